The molecule has 0 aromatic heterocycles. The van der Waals surface area contributed by atoms with Crippen LogP contribution in [0.4, 0.5) is 0 Å². The monoisotopic (exact) mass is 439 g/mol. The van der Waals surface area contributed by atoms with Crippen LogP contribution in [0.1, 0.15) is 181 Å². The van der Waals surface area contributed by atoms with Crippen LogP contribution in [0.25, 0.3) is 0 Å². The van der Waals surface area contributed by atoms with Crippen LogP contribution in [0.2, 0.25) is 0 Å². The van der Waals surface area contributed by atoms with E-state index in [1.807, 2.05) is 0 Å². The minimum Gasteiger partial charge on any atom is -0.636 e. The van der Waals surface area contributed by atoms with Crippen molar-refractivity contribution in [3.05, 3.63) is 5.21 Å². The van der Waals surface area contributed by atoms with Gasteiger partial charge in [-0.25, -0.2) is 0 Å². The molecule has 0 saturated carbocycles. The summed E-state index contributed by atoms with van der Waals surface area (Å²) in [5, 5.41) is 11.4. The van der Waals surface area contributed by atoms with Crippen molar-refractivity contribution >= 4 is 0 Å². The van der Waals surface area contributed by atoms with E-state index in [1.54, 1.807) is 0 Å². The minimum absolute atomic E-state index is 0.339. The molecule has 2 heteroatoms. The van der Waals surface area contributed by atoms with Gasteiger partial charge in [0.05, 0.1) is 6.04 Å². The summed E-state index contributed by atoms with van der Waals surface area (Å²) in [6.45, 7) is 4.58. The summed E-state index contributed by atoms with van der Waals surface area (Å²) in [5.41, 5.74) is 1.25. The van der Waals surface area contributed by atoms with Crippen molar-refractivity contribution in [2.75, 3.05) is 0 Å². The Bertz CT molecular complexity index is 279. The molecule has 188 valence electrons. The second-order valence-corrected chi connectivity index (χ2v) is 10.3. The van der Waals surface area contributed by atoms with Gasteiger partial charge in [0.1, 0.15) is 0 Å². The number of hydrogen-bond acceptors (Lipinski definition) is 1. The summed E-state index contributed by atoms with van der Waals surface area (Å²) < 4.78 is 0. The van der Waals surface area contributed by atoms with Crippen molar-refractivity contribution in [3.63, 3.8) is 0 Å². The highest BCUT2D eigenvalue weighted by molar-refractivity contribution is 4.58. The van der Waals surface area contributed by atoms with Crippen molar-refractivity contribution < 1.29 is 5.48 Å². The van der Waals surface area contributed by atoms with Crippen LogP contribution in [-0.2, 0) is 0 Å². The Morgan fingerprint density at radius 3 is 0.839 bits per heavy atom. The first-order valence-corrected chi connectivity index (χ1v) is 14.8. The molecular formula is C29H61NO. The summed E-state index contributed by atoms with van der Waals surface area (Å²) in [5.74, 6) is 0. The van der Waals surface area contributed by atoms with E-state index in [2.05, 4.69) is 13.8 Å². The Balaban J connectivity index is 3.26. The van der Waals surface area contributed by atoms with Crippen molar-refractivity contribution in [2.24, 2.45) is 0 Å². The Labute approximate surface area is 197 Å². The molecule has 0 radical (unpaired) electrons. The lowest BCUT2D eigenvalue weighted by molar-refractivity contribution is -0.629. The lowest BCUT2D eigenvalue weighted by atomic mass is 10.00. The summed E-state index contributed by atoms with van der Waals surface area (Å²) in [6.07, 6.45) is 35.8. The molecule has 0 bridgehead atoms. The molecule has 0 fully saturated rings. The van der Waals surface area contributed by atoms with Gasteiger partial charge in [-0.05, 0) is 25.7 Å². The molecule has 0 aliphatic carbocycles. The van der Waals surface area contributed by atoms with Gasteiger partial charge >= 0.3 is 0 Å². The van der Waals surface area contributed by atoms with Crippen molar-refractivity contribution in [1.82, 2.24) is 0 Å². The van der Waals surface area contributed by atoms with Crippen molar-refractivity contribution in [1.29, 1.82) is 0 Å². The summed E-state index contributed by atoms with van der Waals surface area (Å²) in [7, 11) is 0. The zero-order valence-electron chi connectivity index (χ0n) is 21.9. The van der Waals surface area contributed by atoms with Crippen molar-refractivity contribution in [3.8, 4) is 0 Å². The molecule has 0 saturated heterocycles. The van der Waals surface area contributed by atoms with Crippen LogP contribution >= 0.6 is 0 Å². The largest absolute Gasteiger partial charge is 0.636 e. The van der Waals surface area contributed by atoms with Gasteiger partial charge in [-0.1, -0.05) is 155 Å². The maximum absolute atomic E-state index is 11.4. The van der Waals surface area contributed by atoms with E-state index in [-0.39, 0.29) is 0 Å². The average molecular weight is 440 g/mol. The SMILES string of the molecule is CCCCCCCCCCCCCCC(CCCCCCCCCCCCCC)[NH2+][O-]. The van der Waals surface area contributed by atoms with Gasteiger partial charge in [0.15, 0.2) is 0 Å². The third-order valence-corrected chi connectivity index (χ3v) is 7.05. The first-order chi connectivity index (χ1) is 15.3. The van der Waals surface area contributed by atoms with E-state index in [4.69, 9.17) is 0 Å². The van der Waals surface area contributed by atoms with Gasteiger partial charge in [0, 0.05) is 0 Å². The molecule has 0 aromatic carbocycles. The molecule has 0 amide bonds. The molecular weight excluding hydrogens is 378 g/mol. The second kappa shape index (κ2) is 28.0. The molecule has 0 heterocycles. The predicted octanol–water partition coefficient (Wildman–Crippen LogP) is 9.60. The third kappa shape index (κ3) is 26.1. The molecule has 31 heavy (non-hydrogen) atoms. The lowest BCUT2D eigenvalue weighted by Gasteiger charge is -2.17. The van der Waals surface area contributed by atoms with Crippen LogP contribution in [0.3, 0.4) is 0 Å². The number of nitrogens with two attached hydrogens (primary N) is 1. The van der Waals surface area contributed by atoms with Gasteiger partial charge < -0.3 is 10.7 Å². The summed E-state index contributed by atoms with van der Waals surface area (Å²) in [4.78, 5) is 0. The fraction of sp³-hybridized carbons (Fsp3) is 1.00. The van der Waals surface area contributed by atoms with Crippen molar-refractivity contribution in [2.45, 2.75) is 187 Å². The Morgan fingerprint density at radius 2 is 0.613 bits per heavy atom. The minimum atomic E-state index is 0.339. The normalized spacial score (nSPS) is 11.6. The van der Waals surface area contributed by atoms with Crippen LogP contribution in [0, 0.1) is 5.21 Å². The number of rotatable bonds is 27. The average Bonchev–Trinajstić information content (AvgIpc) is 2.79. The van der Waals surface area contributed by atoms with Crippen LogP contribution in [-0.4, -0.2) is 6.04 Å². The fourth-order valence-electron chi connectivity index (χ4n) is 4.78. The highest BCUT2D eigenvalue weighted by atomic mass is 16.5. The molecule has 2 nitrogen and oxygen atoms in total. The second-order valence-electron chi connectivity index (χ2n) is 10.3. The standard InChI is InChI=1S/C29H61NO/c1-3-5-7-9-11-13-15-17-19-21-23-25-27-29(30-31)28-26-24-22-20-18-16-14-12-10-8-6-4-2/h29H,3-28,30H2,1-2H3. The van der Waals surface area contributed by atoms with E-state index in [1.165, 1.54) is 160 Å². The molecule has 0 atom stereocenters. The quantitative estimate of drug-likeness (QED) is 0.100. The summed E-state index contributed by atoms with van der Waals surface area (Å²) in [6, 6.07) is 0.339. The van der Waals surface area contributed by atoms with Gasteiger partial charge in [0.2, 0.25) is 0 Å². The van der Waals surface area contributed by atoms with Gasteiger partial charge in [-0.2, -0.15) is 0 Å². The maximum atomic E-state index is 11.4. The Morgan fingerprint density at radius 1 is 0.387 bits per heavy atom. The third-order valence-electron chi connectivity index (χ3n) is 7.05. The number of hydroxylamine groups is 1. The number of quaternary nitrogens is 1. The first kappa shape index (κ1) is 30.9. The van der Waals surface area contributed by atoms with Crippen LogP contribution in [0.5, 0.6) is 0 Å². The van der Waals surface area contributed by atoms with Gasteiger partial charge in [-0.15, -0.1) is 0 Å². The first-order valence-electron chi connectivity index (χ1n) is 14.8. The topological polar surface area (TPSA) is 39.7 Å². The zero-order chi connectivity index (χ0) is 22.7. The number of hydrogen-bond donors (Lipinski definition) is 1. The number of unbranched alkanes of at least 4 members (excludes halogenated alkanes) is 22. The highest BCUT2D eigenvalue weighted by Gasteiger charge is 2.07. The van der Waals surface area contributed by atoms with E-state index in [9.17, 15) is 5.21 Å². The van der Waals surface area contributed by atoms with Crippen LogP contribution < -0.4 is 5.48 Å². The highest BCUT2D eigenvalue weighted by Crippen LogP contribution is 2.15. The Kier molecular flexibility index (Phi) is 27.9. The molecule has 0 aliphatic rings. The van der Waals surface area contributed by atoms with Gasteiger partial charge in [0.25, 0.3) is 0 Å². The molecule has 2 N–H and O–H groups in total. The maximum Gasteiger partial charge on any atom is 0.0856 e. The molecule has 0 rings (SSSR count). The molecule has 0 aliphatic heterocycles. The lowest BCUT2D eigenvalue weighted by Crippen LogP contribution is -2.84. The van der Waals surface area contributed by atoms with E-state index >= 15 is 0 Å². The molecule has 0 aromatic rings. The fourth-order valence-corrected chi connectivity index (χ4v) is 4.78. The molecule has 0 spiro atoms. The van der Waals surface area contributed by atoms with E-state index in [0.717, 1.165) is 12.8 Å². The predicted molar refractivity (Wildman–Crippen MR) is 140 cm³/mol. The summed E-state index contributed by atoms with van der Waals surface area (Å²) >= 11 is 0. The molecule has 0 unspecified atom stereocenters. The van der Waals surface area contributed by atoms with Gasteiger partial charge in [-0.3, -0.25) is 0 Å². The zero-order valence-corrected chi connectivity index (χ0v) is 21.9. The smallest absolute Gasteiger partial charge is 0.0856 e. The van der Waals surface area contributed by atoms with E-state index < -0.39 is 0 Å². The van der Waals surface area contributed by atoms with Crippen LogP contribution in [0.15, 0.2) is 0 Å². The van der Waals surface area contributed by atoms with E-state index in [0.29, 0.717) is 6.04 Å². The Hall–Kier alpha value is -0.0800.